The topological polar surface area (TPSA) is 52.0 Å². The Bertz CT molecular complexity index is 595. The minimum Gasteiger partial charge on any atom is -0.382 e. The molecule has 1 aliphatic rings. The van der Waals surface area contributed by atoms with Crippen molar-refractivity contribution < 1.29 is 4.74 Å². The van der Waals surface area contributed by atoms with Crippen molar-refractivity contribution in [1.29, 1.82) is 0 Å². The molecule has 0 bridgehead atoms. The first-order valence-electron chi connectivity index (χ1n) is 7.59. The average molecular weight is 286 g/mol. The summed E-state index contributed by atoms with van der Waals surface area (Å²) in [5.41, 5.74) is 2.22. The first kappa shape index (κ1) is 14.1. The van der Waals surface area contributed by atoms with Gasteiger partial charge >= 0.3 is 0 Å². The van der Waals surface area contributed by atoms with Crippen molar-refractivity contribution in [2.45, 2.75) is 38.3 Å². The predicted octanol–water partition coefficient (Wildman–Crippen LogP) is 2.85. The van der Waals surface area contributed by atoms with E-state index in [0.717, 1.165) is 42.9 Å². The Morgan fingerprint density at radius 1 is 1.38 bits per heavy atom. The zero-order valence-corrected chi connectivity index (χ0v) is 12.6. The van der Waals surface area contributed by atoms with E-state index in [1.807, 2.05) is 17.7 Å². The van der Waals surface area contributed by atoms with Gasteiger partial charge in [0, 0.05) is 30.9 Å². The van der Waals surface area contributed by atoms with Gasteiger partial charge in [0.25, 0.3) is 0 Å². The monoisotopic (exact) mass is 286 g/mol. The summed E-state index contributed by atoms with van der Waals surface area (Å²) in [7, 11) is 1.97. The van der Waals surface area contributed by atoms with E-state index in [0.29, 0.717) is 12.1 Å². The number of nitrogens with zero attached hydrogens (tertiary/aromatic N) is 3. The van der Waals surface area contributed by atoms with Gasteiger partial charge in [0.15, 0.2) is 5.82 Å². The Kier molecular flexibility index (Phi) is 4.20. The molecule has 0 radical (unpaired) electrons. The van der Waals surface area contributed by atoms with Gasteiger partial charge in [0.2, 0.25) is 0 Å². The third-order valence-electron chi connectivity index (χ3n) is 4.06. The number of aromatic nitrogens is 3. The lowest BCUT2D eigenvalue weighted by Crippen LogP contribution is -2.33. The van der Waals surface area contributed by atoms with Gasteiger partial charge in [-0.05, 0) is 31.4 Å². The minimum absolute atomic E-state index is 0.373. The molecule has 21 heavy (non-hydrogen) atoms. The van der Waals surface area contributed by atoms with E-state index in [9.17, 15) is 0 Å². The molecule has 5 heteroatoms. The lowest BCUT2D eigenvalue weighted by Gasteiger charge is -2.30. The quantitative estimate of drug-likeness (QED) is 0.939. The van der Waals surface area contributed by atoms with Gasteiger partial charge in [-0.15, -0.1) is 10.2 Å². The van der Waals surface area contributed by atoms with Crippen LogP contribution in [0.1, 0.15) is 26.2 Å². The van der Waals surface area contributed by atoms with Crippen LogP contribution in [-0.2, 0) is 11.8 Å². The maximum atomic E-state index is 5.75. The van der Waals surface area contributed by atoms with Gasteiger partial charge in [0.1, 0.15) is 6.33 Å². The molecule has 1 aliphatic heterocycles. The van der Waals surface area contributed by atoms with E-state index < -0.39 is 0 Å². The summed E-state index contributed by atoms with van der Waals surface area (Å²) in [5, 5.41) is 11.9. The molecule has 0 aliphatic carbocycles. The van der Waals surface area contributed by atoms with Gasteiger partial charge in [-0.3, -0.25) is 0 Å². The molecule has 2 atom stereocenters. The highest BCUT2D eigenvalue weighted by Crippen LogP contribution is 2.28. The molecule has 0 spiro atoms. The Labute approximate surface area is 125 Å². The summed E-state index contributed by atoms with van der Waals surface area (Å²) < 4.78 is 7.69. The van der Waals surface area contributed by atoms with Crippen molar-refractivity contribution in [1.82, 2.24) is 14.8 Å². The molecule has 0 saturated carbocycles. The van der Waals surface area contributed by atoms with Crippen molar-refractivity contribution in [2.75, 3.05) is 11.9 Å². The standard InChI is InChI=1S/C16H22N4O/c1-3-13-10-12(8-9-21-13)18-15-7-5-4-6-14(15)16-19-17-11-20(16)2/h4-7,11-13,18H,3,8-10H2,1-2H3. The highest BCUT2D eigenvalue weighted by atomic mass is 16.5. The summed E-state index contributed by atoms with van der Waals surface area (Å²) in [6.07, 6.45) is 5.28. The van der Waals surface area contributed by atoms with E-state index in [-0.39, 0.29) is 0 Å². The number of rotatable bonds is 4. The van der Waals surface area contributed by atoms with Crippen molar-refractivity contribution in [3.8, 4) is 11.4 Å². The fourth-order valence-corrected chi connectivity index (χ4v) is 2.85. The van der Waals surface area contributed by atoms with Crippen LogP contribution in [0.3, 0.4) is 0 Å². The van der Waals surface area contributed by atoms with E-state index in [2.05, 4.69) is 40.6 Å². The largest absolute Gasteiger partial charge is 0.382 e. The molecule has 1 aromatic carbocycles. The van der Waals surface area contributed by atoms with Crippen LogP contribution in [-0.4, -0.2) is 33.5 Å². The number of aryl methyl sites for hydroxylation is 1. The van der Waals surface area contributed by atoms with Crippen molar-refractivity contribution in [2.24, 2.45) is 7.05 Å². The molecule has 1 fully saturated rings. The first-order valence-corrected chi connectivity index (χ1v) is 7.59. The van der Waals surface area contributed by atoms with Crippen LogP contribution < -0.4 is 5.32 Å². The summed E-state index contributed by atoms with van der Waals surface area (Å²) in [6, 6.07) is 8.74. The third-order valence-corrected chi connectivity index (χ3v) is 4.06. The number of hydrogen-bond acceptors (Lipinski definition) is 4. The van der Waals surface area contributed by atoms with Crippen LogP contribution in [0.2, 0.25) is 0 Å². The normalized spacial score (nSPS) is 22.2. The summed E-state index contributed by atoms with van der Waals surface area (Å²) >= 11 is 0. The van der Waals surface area contributed by atoms with Gasteiger partial charge in [-0.2, -0.15) is 0 Å². The molecule has 1 saturated heterocycles. The number of anilines is 1. The Balaban J connectivity index is 1.81. The molecule has 2 aromatic rings. The highest BCUT2D eigenvalue weighted by molar-refractivity contribution is 5.73. The van der Waals surface area contributed by atoms with Gasteiger partial charge in [-0.25, -0.2) is 0 Å². The van der Waals surface area contributed by atoms with Crippen molar-refractivity contribution >= 4 is 5.69 Å². The second-order valence-corrected chi connectivity index (χ2v) is 5.58. The summed E-state index contributed by atoms with van der Waals surface area (Å²) in [4.78, 5) is 0. The Hall–Kier alpha value is -1.88. The van der Waals surface area contributed by atoms with Gasteiger partial charge < -0.3 is 14.6 Å². The SMILES string of the molecule is CCC1CC(Nc2ccccc2-c2nncn2C)CCO1. The molecule has 2 heterocycles. The number of hydrogen-bond donors (Lipinski definition) is 1. The molecule has 112 valence electrons. The van der Waals surface area contributed by atoms with E-state index in [1.165, 1.54) is 0 Å². The molecule has 3 rings (SSSR count). The number of para-hydroxylation sites is 1. The van der Waals surface area contributed by atoms with E-state index in [1.54, 1.807) is 6.33 Å². The minimum atomic E-state index is 0.373. The van der Waals surface area contributed by atoms with Crippen LogP contribution in [0.25, 0.3) is 11.4 Å². The molecular weight excluding hydrogens is 264 g/mol. The highest BCUT2D eigenvalue weighted by Gasteiger charge is 2.22. The maximum Gasteiger partial charge on any atom is 0.165 e. The second-order valence-electron chi connectivity index (χ2n) is 5.58. The lowest BCUT2D eigenvalue weighted by atomic mass is 10.0. The van der Waals surface area contributed by atoms with E-state index >= 15 is 0 Å². The molecule has 0 amide bonds. The first-order chi connectivity index (χ1) is 10.3. The van der Waals surface area contributed by atoms with Crippen LogP contribution in [0.5, 0.6) is 0 Å². The van der Waals surface area contributed by atoms with Crippen molar-refractivity contribution in [3.05, 3.63) is 30.6 Å². The van der Waals surface area contributed by atoms with Crippen LogP contribution in [0, 0.1) is 0 Å². The van der Waals surface area contributed by atoms with Crippen LogP contribution in [0.15, 0.2) is 30.6 Å². The predicted molar refractivity (Wildman–Crippen MR) is 83.1 cm³/mol. The molecule has 1 aromatic heterocycles. The average Bonchev–Trinajstić information content (AvgIpc) is 2.94. The zero-order valence-electron chi connectivity index (χ0n) is 12.6. The Morgan fingerprint density at radius 2 is 2.24 bits per heavy atom. The number of benzene rings is 1. The molecular formula is C16H22N4O. The Morgan fingerprint density at radius 3 is 3.00 bits per heavy atom. The van der Waals surface area contributed by atoms with Crippen LogP contribution in [0.4, 0.5) is 5.69 Å². The third kappa shape index (κ3) is 3.08. The summed E-state index contributed by atoms with van der Waals surface area (Å²) in [6.45, 7) is 3.02. The fraction of sp³-hybridized carbons (Fsp3) is 0.500. The van der Waals surface area contributed by atoms with Crippen LogP contribution >= 0.6 is 0 Å². The number of nitrogens with one attached hydrogen (secondary N) is 1. The van der Waals surface area contributed by atoms with E-state index in [4.69, 9.17) is 4.74 Å². The number of ether oxygens (including phenoxy) is 1. The smallest absolute Gasteiger partial charge is 0.165 e. The fourth-order valence-electron chi connectivity index (χ4n) is 2.85. The lowest BCUT2D eigenvalue weighted by molar-refractivity contribution is 0.00926. The molecule has 2 unspecified atom stereocenters. The second kappa shape index (κ2) is 6.26. The maximum absolute atomic E-state index is 5.75. The van der Waals surface area contributed by atoms with Crippen molar-refractivity contribution in [3.63, 3.8) is 0 Å². The molecule has 1 N–H and O–H groups in total. The zero-order chi connectivity index (χ0) is 14.7. The van der Waals surface area contributed by atoms with Gasteiger partial charge in [0.05, 0.1) is 6.10 Å². The molecule has 5 nitrogen and oxygen atoms in total. The summed E-state index contributed by atoms with van der Waals surface area (Å²) in [5.74, 6) is 0.886. The van der Waals surface area contributed by atoms with Gasteiger partial charge in [-0.1, -0.05) is 19.1 Å².